The molecule has 0 saturated heterocycles. The van der Waals surface area contributed by atoms with E-state index in [1.165, 1.54) is 37.6 Å². The smallest absolute Gasteiger partial charge is 0.359 e. The van der Waals surface area contributed by atoms with E-state index in [4.69, 9.17) is 39.5 Å². The van der Waals surface area contributed by atoms with Crippen LogP contribution < -0.4 is 5.32 Å². The molecule has 1 aromatic carbocycles. The van der Waals surface area contributed by atoms with Crippen LogP contribution in [0.1, 0.15) is 17.4 Å². The lowest BCUT2D eigenvalue weighted by Crippen LogP contribution is -2.30. The number of carbonyl (C=O) groups excluding carboxylic acids is 2. The fourth-order valence-electron chi connectivity index (χ4n) is 1.57. The summed E-state index contributed by atoms with van der Waals surface area (Å²) >= 11 is 17.7. The zero-order valence-electron chi connectivity index (χ0n) is 11.7. The van der Waals surface area contributed by atoms with Crippen LogP contribution >= 0.6 is 34.8 Å². The standard InChI is InChI=1S/C14H10Cl3N3O3/c1-7(23-14(22)11-6-18-2-3-19-11)13(21)20-12-9(16)4-8(15)5-10(12)17/h2-7H,1H3,(H,20,21)/t7-/m0/s1. The van der Waals surface area contributed by atoms with E-state index in [-0.39, 0.29) is 21.4 Å². The van der Waals surface area contributed by atoms with Gasteiger partial charge in [-0.25, -0.2) is 9.78 Å². The molecule has 0 fully saturated rings. The Morgan fingerprint density at radius 3 is 2.39 bits per heavy atom. The van der Waals surface area contributed by atoms with E-state index in [0.717, 1.165) is 0 Å². The number of anilines is 1. The minimum atomic E-state index is -1.09. The molecule has 1 amide bonds. The average Bonchev–Trinajstić information content (AvgIpc) is 2.51. The van der Waals surface area contributed by atoms with Crippen molar-refractivity contribution in [1.29, 1.82) is 0 Å². The molecule has 0 bridgehead atoms. The van der Waals surface area contributed by atoms with Crippen molar-refractivity contribution >= 4 is 52.4 Å². The molecular weight excluding hydrogens is 365 g/mol. The van der Waals surface area contributed by atoms with Gasteiger partial charge in [-0.1, -0.05) is 34.8 Å². The zero-order chi connectivity index (χ0) is 17.0. The van der Waals surface area contributed by atoms with Gasteiger partial charge in [0.25, 0.3) is 5.91 Å². The fourth-order valence-corrected chi connectivity index (χ4v) is 2.48. The lowest BCUT2D eigenvalue weighted by molar-refractivity contribution is -0.123. The Balaban J connectivity index is 2.05. The zero-order valence-corrected chi connectivity index (χ0v) is 14.0. The molecule has 1 N–H and O–H groups in total. The third-order valence-corrected chi connectivity index (χ3v) is 3.49. The van der Waals surface area contributed by atoms with Crippen molar-refractivity contribution in [3.8, 4) is 0 Å². The Morgan fingerprint density at radius 1 is 1.17 bits per heavy atom. The number of hydrogen-bond donors (Lipinski definition) is 1. The van der Waals surface area contributed by atoms with Crippen LogP contribution in [0.3, 0.4) is 0 Å². The molecule has 0 unspecified atom stereocenters. The highest BCUT2D eigenvalue weighted by molar-refractivity contribution is 6.42. The van der Waals surface area contributed by atoms with Crippen molar-refractivity contribution in [2.24, 2.45) is 0 Å². The summed E-state index contributed by atoms with van der Waals surface area (Å²) in [6, 6.07) is 2.86. The average molecular weight is 375 g/mol. The van der Waals surface area contributed by atoms with E-state index in [2.05, 4.69) is 15.3 Å². The van der Waals surface area contributed by atoms with E-state index in [1.807, 2.05) is 0 Å². The second kappa shape index (κ2) is 7.59. The molecule has 23 heavy (non-hydrogen) atoms. The van der Waals surface area contributed by atoms with Crippen molar-refractivity contribution in [3.63, 3.8) is 0 Å². The summed E-state index contributed by atoms with van der Waals surface area (Å²) in [4.78, 5) is 31.4. The molecular formula is C14H10Cl3N3O3. The molecule has 0 spiro atoms. The number of amides is 1. The van der Waals surface area contributed by atoms with E-state index in [0.29, 0.717) is 5.02 Å². The van der Waals surface area contributed by atoms with Gasteiger partial charge in [0.2, 0.25) is 0 Å². The van der Waals surface area contributed by atoms with E-state index in [9.17, 15) is 9.59 Å². The van der Waals surface area contributed by atoms with Gasteiger partial charge >= 0.3 is 5.97 Å². The van der Waals surface area contributed by atoms with Crippen LogP contribution in [0.15, 0.2) is 30.7 Å². The summed E-state index contributed by atoms with van der Waals surface area (Å²) in [6.07, 6.45) is 2.90. The van der Waals surface area contributed by atoms with Gasteiger partial charge in [0.15, 0.2) is 11.8 Å². The molecule has 1 heterocycles. The predicted octanol–water partition coefficient (Wildman–Crippen LogP) is 3.62. The van der Waals surface area contributed by atoms with Crippen LogP contribution in [-0.4, -0.2) is 27.9 Å². The van der Waals surface area contributed by atoms with Gasteiger partial charge in [0, 0.05) is 17.4 Å². The Labute approximate surface area is 146 Å². The summed E-state index contributed by atoms with van der Waals surface area (Å²) in [7, 11) is 0. The molecule has 9 heteroatoms. The number of aromatic nitrogens is 2. The van der Waals surface area contributed by atoms with Crippen LogP contribution in [0, 0.1) is 0 Å². The molecule has 1 aromatic heterocycles. The number of nitrogens with zero attached hydrogens (tertiary/aromatic N) is 2. The van der Waals surface area contributed by atoms with Crippen molar-refractivity contribution in [3.05, 3.63) is 51.5 Å². The number of hydrogen-bond acceptors (Lipinski definition) is 5. The highest BCUT2D eigenvalue weighted by atomic mass is 35.5. The topological polar surface area (TPSA) is 81.2 Å². The van der Waals surface area contributed by atoms with Gasteiger partial charge in [-0.2, -0.15) is 0 Å². The molecule has 0 radical (unpaired) electrons. The first kappa shape index (κ1) is 17.5. The Bertz CT molecular complexity index is 718. The summed E-state index contributed by atoms with van der Waals surface area (Å²) in [5.41, 5.74) is 0.180. The number of nitrogens with one attached hydrogen (secondary N) is 1. The van der Waals surface area contributed by atoms with Gasteiger partial charge in [-0.3, -0.25) is 9.78 Å². The van der Waals surface area contributed by atoms with Crippen molar-refractivity contribution in [1.82, 2.24) is 9.97 Å². The van der Waals surface area contributed by atoms with Crippen molar-refractivity contribution in [2.45, 2.75) is 13.0 Å². The van der Waals surface area contributed by atoms with Gasteiger partial charge in [-0.05, 0) is 19.1 Å². The lowest BCUT2D eigenvalue weighted by Gasteiger charge is -2.15. The van der Waals surface area contributed by atoms with Crippen LogP contribution in [0.5, 0.6) is 0 Å². The fraction of sp³-hybridized carbons (Fsp3) is 0.143. The van der Waals surface area contributed by atoms with Crippen LogP contribution in [0.4, 0.5) is 5.69 Å². The third kappa shape index (κ3) is 4.54. The van der Waals surface area contributed by atoms with Crippen molar-refractivity contribution < 1.29 is 14.3 Å². The maximum absolute atomic E-state index is 12.1. The maximum atomic E-state index is 12.1. The Hall–Kier alpha value is -1.89. The van der Waals surface area contributed by atoms with E-state index >= 15 is 0 Å². The summed E-state index contributed by atoms with van der Waals surface area (Å²) in [6.45, 7) is 1.40. The van der Waals surface area contributed by atoms with Gasteiger partial charge in [0.05, 0.1) is 21.9 Å². The molecule has 1 atom stereocenters. The van der Waals surface area contributed by atoms with Gasteiger partial charge < -0.3 is 10.1 Å². The Kier molecular flexibility index (Phi) is 5.76. The second-order valence-corrected chi connectivity index (χ2v) is 5.62. The molecule has 120 valence electrons. The molecule has 0 aliphatic heterocycles. The lowest BCUT2D eigenvalue weighted by atomic mass is 10.3. The number of halogens is 3. The first-order valence-electron chi connectivity index (χ1n) is 6.31. The molecule has 6 nitrogen and oxygen atoms in total. The number of carbonyl (C=O) groups is 2. The first-order chi connectivity index (χ1) is 10.9. The minimum absolute atomic E-state index is 0.00490. The van der Waals surface area contributed by atoms with Crippen LogP contribution in [-0.2, 0) is 9.53 Å². The van der Waals surface area contributed by atoms with E-state index in [1.54, 1.807) is 0 Å². The third-order valence-electron chi connectivity index (χ3n) is 2.68. The number of ether oxygens (including phenoxy) is 1. The summed E-state index contributed by atoms with van der Waals surface area (Å²) < 4.78 is 5.01. The number of rotatable bonds is 4. The minimum Gasteiger partial charge on any atom is -0.448 e. The maximum Gasteiger partial charge on any atom is 0.359 e. The first-order valence-corrected chi connectivity index (χ1v) is 7.44. The predicted molar refractivity (Wildman–Crippen MR) is 87.0 cm³/mol. The largest absolute Gasteiger partial charge is 0.448 e. The number of benzene rings is 1. The second-order valence-electron chi connectivity index (χ2n) is 4.37. The quantitative estimate of drug-likeness (QED) is 0.827. The van der Waals surface area contributed by atoms with Gasteiger partial charge in [-0.15, -0.1) is 0 Å². The highest BCUT2D eigenvalue weighted by Gasteiger charge is 2.21. The van der Waals surface area contributed by atoms with E-state index < -0.39 is 18.0 Å². The number of esters is 1. The molecule has 0 aliphatic carbocycles. The summed E-state index contributed by atoms with van der Waals surface area (Å²) in [5.74, 6) is -1.37. The van der Waals surface area contributed by atoms with Crippen LogP contribution in [0.25, 0.3) is 0 Å². The monoisotopic (exact) mass is 373 g/mol. The SMILES string of the molecule is C[C@H](OC(=O)c1cnccn1)C(=O)Nc1c(Cl)cc(Cl)cc1Cl. The molecule has 2 rings (SSSR count). The molecule has 0 aliphatic rings. The molecule has 2 aromatic rings. The highest BCUT2D eigenvalue weighted by Crippen LogP contribution is 2.33. The molecule has 0 saturated carbocycles. The van der Waals surface area contributed by atoms with Crippen molar-refractivity contribution in [2.75, 3.05) is 5.32 Å². The van der Waals surface area contributed by atoms with Gasteiger partial charge in [0.1, 0.15) is 0 Å². The summed E-state index contributed by atoms with van der Waals surface area (Å²) in [5, 5.41) is 3.16. The Morgan fingerprint density at radius 2 is 1.83 bits per heavy atom. The normalized spacial score (nSPS) is 11.7. The van der Waals surface area contributed by atoms with Crippen LogP contribution in [0.2, 0.25) is 15.1 Å².